The van der Waals surface area contributed by atoms with Gasteiger partial charge in [-0.2, -0.15) is 13.2 Å². The molecule has 1 aliphatic rings. The zero-order valence-electron chi connectivity index (χ0n) is 17.0. The van der Waals surface area contributed by atoms with Gasteiger partial charge in [-0.25, -0.2) is 4.98 Å². The van der Waals surface area contributed by atoms with Gasteiger partial charge in [0.05, 0.1) is 34.8 Å². The molecule has 0 atom stereocenters. The summed E-state index contributed by atoms with van der Waals surface area (Å²) in [6.07, 6.45) is -3.29. The minimum Gasteiger partial charge on any atom is -0.448 e. The van der Waals surface area contributed by atoms with E-state index in [0.717, 1.165) is 11.6 Å². The molecule has 0 fully saturated rings. The maximum atomic E-state index is 13.5. The predicted octanol–water partition coefficient (Wildman–Crippen LogP) is 5.20. The number of aromatic nitrogens is 1. The number of fused-ring (bicyclic) bond motifs is 1. The largest absolute Gasteiger partial charge is 0.448 e. The second-order valence-electron chi connectivity index (χ2n) is 7.40. The van der Waals surface area contributed by atoms with Gasteiger partial charge in [-0.1, -0.05) is 18.2 Å². The summed E-state index contributed by atoms with van der Waals surface area (Å²) in [6, 6.07) is 9.58. The molecule has 3 aromatic rings. The number of hydrogen-bond acceptors (Lipinski definition) is 5. The molecule has 0 unspecified atom stereocenters. The van der Waals surface area contributed by atoms with Crippen molar-refractivity contribution in [1.29, 1.82) is 0 Å². The van der Waals surface area contributed by atoms with Crippen LogP contribution in [0.4, 0.5) is 30.2 Å². The van der Waals surface area contributed by atoms with Crippen molar-refractivity contribution in [2.75, 3.05) is 24.3 Å². The third-order valence-corrected chi connectivity index (χ3v) is 4.97. The number of halogens is 3. The highest BCUT2D eigenvalue weighted by atomic mass is 19.4. The number of carbonyl (C=O) groups is 1. The molecule has 0 spiro atoms. The number of nitrogens with one attached hydrogen (secondary N) is 1. The Hall–Kier alpha value is -3.62. The first-order valence-corrected chi connectivity index (χ1v) is 9.44. The Bertz CT molecular complexity index is 1200. The molecule has 31 heavy (non-hydrogen) atoms. The van der Waals surface area contributed by atoms with Gasteiger partial charge in [0.2, 0.25) is 5.91 Å². The fourth-order valence-corrected chi connectivity index (χ4v) is 3.49. The number of benzene rings is 2. The lowest BCUT2D eigenvalue weighted by atomic mass is 10.0. The monoisotopic (exact) mass is 428 g/mol. The summed E-state index contributed by atoms with van der Waals surface area (Å²) < 4.78 is 45.9. The SMILES string of the molecule is Cc1ocnc1-c1cccc(C2=Nc3cc(N(C)C)c(C(F)(F)F)cc3NC(=O)C2)c1. The first-order valence-electron chi connectivity index (χ1n) is 9.44. The van der Waals surface area contributed by atoms with E-state index < -0.39 is 17.6 Å². The topological polar surface area (TPSA) is 70.7 Å². The third kappa shape index (κ3) is 4.03. The summed E-state index contributed by atoms with van der Waals surface area (Å²) >= 11 is 0. The molecule has 0 saturated heterocycles. The number of carbonyl (C=O) groups excluding carboxylic acids is 1. The molecule has 4 rings (SSSR count). The fraction of sp³-hybridized carbons (Fsp3) is 0.227. The van der Waals surface area contributed by atoms with Gasteiger partial charge < -0.3 is 14.6 Å². The van der Waals surface area contributed by atoms with Crippen molar-refractivity contribution in [2.24, 2.45) is 4.99 Å². The van der Waals surface area contributed by atoms with E-state index in [1.165, 1.54) is 31.5 Å². The molecule has 1 aliphatic heterocycles. The van der Waals surface area contributed by atoms with E-state index in [1.807, 2.05) is 18.2 Å². The maximum Gasteiger partial charge on any atom is 0.418 e. The molecule has 0 radical (unpaired) electrons. The van der Waals surface area contributed by atoms with Gasteiger partial charge in [-0.15, -0.1) is 0 Å². The quantitative estimate of drug-likeness (QED) is 0.623. The highest BCUT2D eigenvalue weighted by Crippen LogP contribution is 2.43. The number of amides is 1. The van der Waals surface area contributed by atoms with Crippen LogP contribution in [-0.4, -0.2) is 30.7 Å². The average molecular weight is 428 g/mol. The van der Waals surface area contributed by atoms with Crippen LogP contribution in [0.5, 0.6) is 0 Å². The Morgan fingerprint density at radius 1 is 1.13 bits per heavy atom. The van der Waals surface area contributed by atoms with Crippen LogP contribution in [0.25, 0.3) is 11.3 Å². The smallest absolute Gasteiger partial charge is 0.418 e. The molecule has 160 valence electrons. The molecule has 2 heterocycles. The summed E-state index contributed by atoms with van der Waals surface area (Å²) in [7, 11) is 3.06. The number of nitrogens with zero attached hydrogens (tertiary/aromatic N) is 3. The van der Waals surface area contributed by atoms with Crippen LogP contribution in [0.2, 0.25) is 0 Å². The summed E-state index contributed by atoms with van der Waals surface area (Å²) in [5, 5.41) is 2.55. The molecule has 1 amide bonds. The number of aryl methyl sites for hydroxylation is 1. The molecule has 6 nitrogen and oxygen atoms in total. The Labute approximate surface area is 176 Å². The van der Waals surface area contributed by atoms with Crippen LogP contribution < -0.4 is 10.2 Å². The molecule has 1 N–H and O–H groups in total. The van der Waals surface area contributed by atoms with Crippen molar-refractivity contribution < 1.29 is 22.4 Å². The summed E-state index contributed by atoms with van der Waals surface area (Å²) in [6.45, 7) is 1.79. The van der Waals surface area contributed by atoms with Crippen molar-refractivity contribution >= 4 is 28.7 Å². The highest BCUT2D eigenvalue weighted by Gasteiger charge is 2.36. The van der Waals surface area contributed by atoms with Crippen LogP contribution in [0.3, 0.4) is 0 Å². The Morgan fingerprint density at radius 2 is 1.87 bits per heavy atom. The minimum atomic E-state index is -4.57. The van der Waals surface area contributed by atoms with E-state index in [4.69, 9.17) is 4.42 Å². The van der Waals surface area contributed by atoms with Crippen LogP contribution in [0.15, 0.2) is 52.2 Å². The zero-order valence-corrected chi connectivity index (χ0v) is 17.0. The Morgan fingerprint density at radius 3 is 2.52 bits per heavy atom. The maximum absolute atomic E-state index is 13.5. The molecular weight excluding hydrogens is 409 g/mol. The summed E-state index contributed by atoms with van der Waals surface area (Å²) in [4.78, 5) is 22.6. The van der Waals surface area contributed by atoms with Gasteiger partial charge in [0.1, 0.15) is 11.5 Å². The van der Waals surface area contributed by atoms with E-state index in [0.29, 0.717) is 22.7 Å². The van der Waals surface area contributed by atoms with Crippen molar-refractivity contribution in [3.63, 3.8) is 0 Å². The number of alkyl halides is 3. The second-order valence-corrected chi connectivity index (χ2v) is 7.40. The van der Waals surface area contributed by atoms with Gasteiger partial charge in [-0.3, -0.25) is 9.79 Å². The van der Waals surface area contributed by atoms with Gasteiger partial charge in [0.15, 0.2) is 6.39 Å². The van der Waals surface area contributed by atoms with Crippen LogP contribution >= 0.6 is 0 Å². The van der Waals surface area contributed by atoms with E-state index in [-0.39, 0.29) is 23.5 Å². The number of aliphatic imine (C=N–C) groups is 1. The van der Waals surface area contributed by atoms with E-state index in [1.54, 1.807) is 13.0 Å². The fourth-order valence-electron chi connectivity index (χ4n) is 3.49. The predicted molar refractivity (Wildman–Crippen MR) is 112 cm³/mol. The number of hydrogen-bond donors (Lipinski definition) is 1. The molecule has 0 bridgehead atoms. The lowest BCUT2D eigenvalue weighted by Crippen LogP contribution is -2.18. The van der Waals surface area contributed by atoms with Gasteiger partial charge >= 0.3 is 6.18 Å². The minimum absolute atomic E-state index is 0.0291. The van der Waals surface area contributed by atoms with Gasteiger partial charge in [0, 0.05) is 19.7 Å². The first-order chi connectivity index (χ1) is 14.6. The van der Waals surface area contributed by atoms with Crippen molar-refractivity contribution in [1.82, 2.24) is 4.98 Å². The zero-order chi connectivity index (χ0) is 22.3. The first kappa shape index (κ1) is 20.6. The second kappa shape index (κ2) is 7.57. The number of rotatable bonds is 3. The number of oxazole rings is 1. The normalized spacial score (nSPS) is 13.9. The van der Waals surface area contributed by atoms with Crippen LogP contribution in [-0.2, 0) is 11.0 Å². The lowest BCUT2D eigenvalue weighted by molar-refractivity contribution is -0.137. The average Bonchev–Trinajstić information content (AvgIpc) is 3.05. The molecule has 9 heteroatoms. The van der Waals surface area contributed by atoms with Crippen molar-refractivity contribution in [2.45, 2.75) is 19.5 Å². The van der Waals surface area contributed by atoms with Gasteiger partial charge in [0.25, 0.3) is 0 Å². The van der Waals surface area contributed by atoms with Crippen LogP contribution in [0, 0.1) is 6.92 Å². The molecule has 0 aliphatic carbocycles. The van der Waals surface area contributed by atoms with E-state index in [9.17, 15) is 18.0 Å². The van der Waals surface area contributed by atoms with E-state index in [2.05, 4.69) is 15.3 Å². The lowest BCUT2D eigenvalue weighted by Gasteiger charge is -2.21. The Kier molecular flexibility index (Phi) is 5.04. The molecule has 1 aromatic heterocycles. The molecular formula is C22H19F3N4O2. The molecule has 2 aromatic carbocycles. The highest BCUT2D eigenvalue weighted by molar-refractivity contribution is 6.17. The Balaban J connectivity index is 1.84. The third-order valence-electron chi connectivity index (χ3n) is 4.97. The summed E-state index contributed by atoms with van der Waals surface area (Å²) in [5.74, 6) is 0.213. The number of anilines is 2. The van der Waals surface area contributed by atoms with Crippen molar-refractivity contribution in [3.05, 3.63) is 59.7 Å². The van der Waals surface area contributed by atoms with Crippen molar-refractivity contribution in [3.8, 4) is 11.3 Å². The summed E-state index contributed by atoms with van der Waals surface area (Å²) in [5.41, 5.74) is 2.01. The van der Waals surface area contributed by atoms with Gasteiger partial charge in [-0.05, 0) is 30.7 Å². The molecule has 0 saturated carbocycles. The standard InChI is InChI=1S/C22H19F3N4O2/c1-12-21(26-11-31-12)14-6-4-5-13(7-14)16-10-20(30)28-17-8-15(22(23,24)25)19(29(2)3)9-18(17)27-16/h4-9,11H,10H2,1-3H3,(H,28,30). The van der Waals surface area contributed by atoms with E-state index >= 15 is 0 Å². The van der Waals surface area contributed by atoms with Crippen LogP contribution in [0.1, 0.15) is 23.3 Å².